The van der Waals surface area contributed by atoms with Crippen LogP contribution in [-0.4, -0.2) is 6.29 Å². The lowest BCUT2D eigenvalue weighted by molar-refractivity contribution is 0.112. The van der Waals surface area contributed by atoms with Gasteiger partial charge < -0.3 is 9.47 Å². The molecule has 3 nitrogen and oxygen atoms in total. The molecule has 0 saturated carbocycles. The lowest BCUT2D eigenvalue weighted by Gasteiger charge is -2.11. The van der Waals surface area contributed by atoms with E-state index in [1.807, 2.05) is 54.6 Å². The molecular formula is C20H15BrO3. The average Bonchev–Trinajstić information content (AvgIpc) is 2.63. The van der Waals surface area contributed by atoms with Crippen LogP contribution in [0.3, 0.4) is 0 Å². The summed E-state index contributed by atoms with van der Waals surface area (Å²) in [4.78, 5) is 10.8. The van der Waals surface area contributed by atoms with Gasteiger partial charge in [0.05, 0.1) is 4.47 Å². The molecule has 24 heavy (non-hydrogen) atoms. The van der Waals surface area contributed by atoms with Gasteiger partial charge in [-0.3, -0.25) is 4.79 Å². The molecule has 4 heteroatoms. The van der Waals surface area contributed by atoms with Crippen molar-refractivity contribution < 1.29 is 14.3 Å². The van der Waals surface area contributed by atoms with Crippen LogP contribution in [-0.2, 0) is 6.61 Å². The van der Waals surface area contributed by atoms with E-state index in [4.69, 9.17) is 9.47 Å². The van der Waals surface area contributed by atoms with Crippen molar-refractivity contribution in [1.82, 2.24) is 0 Å². The summed E-state index contributed by atoms with van der Waals surface area (Å²) in [6.45, 7) is 0.502. The maximum absolute atomic E-state index is 10.8. The van der Waals surface area contributed by atoms with Gasteiger partial charge in [0.1, 0.15) is 30.1 Å². The molecule has 0 aliphatic rings. The topological polar surface area (TPSA) is 35.5 Å². The fourth-order valence-corrected chi connectivity index (χ4v) is 2.65. The van der Waals surface area contributed by atoms with Gasteiger partial charge >= 0.3 is 0 Å². The van der Waals surface area contributed by atoms with Crippen LogP contribution < -0.4 is 9.47 Å². The maximum atomic E-state index is 10.8. The molecule has 3 aromatic rings. The quantitative estimate of drug-likeness (QED) is 0.518. The molecule has 0 N–H and O–H groups in total. The fourth-order valence-electron chi connectivity index (χ4n) is 2.17. The van der Waals surface area contributed by atoms with Crippen LogP contribution in [0.15, 0.2) is 77.3 Å². The summed E-state index contributed by atoms with van der Waals surface area (Å²) in [6.07, 6.45) is 0.798. The van der Waals surface area contributed by atoms with Gasteiger partial charge in [-0.1, -0.05) is 36.4 Å². The first-order valence-corrected chi connectivity index (χ1v) is 8.23. The highest BCUT2D eigenvalue weighted by Gasteiger charge is 2.05. The zero-order valence-corrected chi connectivity index (χ0v) is 14.4. The molecule has 120 valence electrons. The average molecular weight is 383 g/mol. The zero-order chi connectivity index (χ0) is 16.8. The zero-order valence-electron chi connectivity index (χ0n) is 12.8. The number of hydrogen-bond acceptors (Lipinski definition) is 3. The molecule has 0 saturated heterocycles. The minimum Gasteiger partial charge on any atom is -0.489 e. The molecule has 0 fully saturated rings. The second-order valence-electron chi connectivity index (χ2n) is 5.16. The van der Waals surface area contributed by atoms with E-state index >= 15 is 0 Å². The van der Waals surface area contributed by atoms with Gasteiger partial charge in [0.15, 0.2) is 0 Å². The molecule has 0 atom stereocenters. The van der Waals surface area contributed by atoms with Crippen molar-refractivity contribution in [1.29, 1.82) is 0 Å². The highest BCUT2D eigenvalue weighted by Crippen LogP contribution is 2.31. The molecule has 0 amide bonds. The van der Waals surface area contributed by atoms with Crippen molar-refractivity contribution in [2.45, 2.75) is 6.61 Å². The third kappa shape index (κ3) is 4.24. The number of rotatable bonds is 6. The van der Waals surface area contributed by atoms with E-state index in [2.05, 4.69) is 15.9 Å². The Hall–Kier alpha value is -2.59. The second kappa shape index (κ2) is 7.79. The minimum absolute atomic E-state index is 0.502. The summed E-state index contributed by atoms with van der Waals surface area (Å²) < 4.78 is 12.4. The number of ether oxygens (including phenoxy) is 2. The molecular weight excluding hydrogens is 368 g/mol. The molecule has 3 rings (SSSR count). The van der Waals surface area contributed by atoms with E-state index in [0.717, 1.165) is 22.1 Å². The number of carbonyl (C=O) groups excluding carboxylic acids is 1. The van der Waals surface area contributed by atoms with Crippen LogP contribution in [0, 0.1) is 0 Å². The first-order valence-electron chi connectivity index (χ1n) is 7.44. The first kappa shape index (κ1) is 16.3. The van der Waals surface area contributed by atoms with Crippen molar-refractivity contribution in [2.24, 2.45) is 0 Å². The third-order valence-electron chi connectivity index (χ3n) is 3.37. The van der Waals surface area contributed by atoms with E-state index < -0.39 is 0 Å². The highest BCUT2D eigenvalue weighted by atomic mass is 79.9. The van der Waals surface area contributed by atoms with Crippen LogP contribution in [0.1, 0.15) is 15.9 Å². The lowest BCUT2D eigenvalue weighted by Crippen LogP contribution is -1.95. The van der Waals surface area contributed by atoms with E-state index in [1.165, 1.54) is 0 Å². The molecule has 0 aromatic heterocycles. The van der Waals surface area contributed by atoms with Crippen LogP contribution in [0.25, 0.3) is 0 Å². The largest absolute Gasteiger partial charge is 0.489 e. The fraction of sp³-hybridized carbons (Fsp3) is 0.0500. The molecule has 0 aliphatic heterocycles. The monoisotopic (exact) mass is 382 g/mol. The van der Waals surface area contributed by atoms with Crippen molar-refractivity contribution in [3.05, 3.63) is 88.4 Å². The molecule has 0 heterocycles. The summed E-state index contributed by atoms with van der Waals surface area (Å²) in [5.41, 5.74) is 1.70. The Balaban J connectivity index is 1.70. The summed E-state index contributed by atoms with van der Waals surface area (Å²) in [5.74, 6) is 2.04. The maximum Gasteiger partial charge on any atom is 0.150 e. The van der Waals surface area contributed by atoms with Crippen molar-refractivity contribution in [2.75, 3.05) is 0 Å². The van der Waals surface area contributed by atoms with Gasteiger partial charge in [-0.25, -0.2) is 0 Å². The van der Waals surface area contributed by atoms with Crippen LogP contribution in [0.5, 0.6) is 17.2 Å². The first-order chi connectivity index (χ1) is 11.7. The Morgan fingerprint density at radius 3 is 2.42 bits per heavy atom. The van der Waals surface area contributed by atoms with Gasteiger partial charge in [0.25, 0.3) is 0 Å². The van der Waals surface area contributed by atoms with E-state index in [-0.39, 0.29) is 0 Å². The summed E-state index contributed by atoms with van der Waals surface area (Å²) in [7, 11) is 0. The smallest absolute Gasteiger partial charge is 0.150 e. The number of benzene rings is 3. The summed E-state index contributed by atoms with van der Waals surface area (Å²) in [6, 6.07) is 22.6. The van der Waals surface area contributed by atoms with E-state index in [1.54, 1.807) is 18.2 Å². The normalized spacial score (nSPS) is 10.2. The second-order valence-corrected chi connectivity index (χ2v) is 6.01. The Morgan fingerprint density at radius 2 is 1.67 bits per heavy atom. The molecule has 0 spiro atoms. The predicted octanol–water partition coefficient (Wildman–Crippen LogP) is 5.63. The van der Waals surface area contributed by atoms with Crippen molar-refractivity contribution in [3.63, 3.8) is 0 Å². The van der Waals surface area contributed by atoms with Gasteiger partial charge in [-0.15, -0.1) is 0 Å². The third-order valence-corrected chi connectivity index (χ3v) is 3.99. The Labute approximate surface area is 149 Å². The van der Waals surface area contributed by atoms with Gasteiger partial charge in [-0.2, -0.15) is 0 Å². The standard InChI is InChI=1S/C20H15BrO3/c21-19-11-16(13-22)9-10-20(19)24-18-8-4-7-17(12-18)23-14-15-5-2-1-3-6-15/h1-13H,14H2. The predicted molar refractivity (Wildman–Crippen MR) is 96.8 cm³/mol. The van der Waals surface area contributed by atoms with E-state index in [0.29, 0.717) is 23.7 Å². The molecule has 0 bridgehead atoms. The highest BCUT2D eigenvalue weighted by molar-refractivity contribution is 9.10. The van der Waals surface area contributed by atoms with Gasteiger partial charge in [0.2, 0.25) is 0 Å². The molecule has 3 aromatic carbocycles. The SMILES string of the molecule is O=Cc1ccc(Oc2cccc(OCc3ccccc3)c2)c(Br)c1. The van der Waals surface area contributed by atoms with Crippen molar-refractivity contribution in [3.8, 4) is 17.2 Å². The Bertz CT molecular complexity index is 831. The molecule has 0 aliphatic carbocycles. The number of carbonyl (C=O) groups is 1. The number of aldehydes is 1. The number of hydrogen-bond donors (Lipinski definition) is 0. The summed E-state index contributed by atoms with van der Waals surface area (Å²) >= 11 is 3.41. The van der Waals surface area contributed by atoms with E-state index in [9.17, 15) is 4.79 Å². The lowest BCUT2D eigenvalue weighted by atomic mass is 10.2. The molecule has 0 radical (unpaired) electrons. The van der Waals surface area contributed by atoms with Gasteiger partial charge in [0, 0.05) is 11.6 Å². The van der Waals surface area contributed by atoms with Gasteiger partial charge in [-0.05, 0) is 51.8 Å². The van der Waals surface area contributed by atoms with Crippen LogP contribution in [0.4, 0.5) is 0 Å². The van der Waals surface area contributed by atoms with Crippen molar-refractivity contribution >= 4 is 22.2 Å². The Kier molecular flexibility index (Phi) is 5.29. The number of halogens is 1. The Morgan fingerprint density at radius 1 is 0.875 bits per heavy atom. The summed E-state index contributed by atoms with van der Waals surface area (Å²) in [5, 5.41) is 0. The van der Waals surface area contributed by atoms with Crippen LogP contribution >= 0.6 is 15.9 Å². The minimum atomic E-state index is 0.502. The van der Waals surface area contributed by atoms with Crippen LogP contribution in [0.2, 0.25) is 0 Å². The molecule has 0 unspecified atom stereocenters.